The van der Waals surface area contributed by atoms with Crippen molar-refractivity contribution in [3.8, 4) is 0 Å². The van der Waals surface area contributed by atoms with E-state index in [1.165, 1.54) is 11.1 Å². The smallest absolute Gasteiger partial charge is 0.336 e. The van der Waals surface area contributed by atoms with E-state index < -0.39 is 5.97 Å². The van der Waals surface area contributed by atoms with Gasteiger partial charge in [-0.15, -0.1) is 0 Å². The molecule has 2 aliphatic rings. The molecule has 1 aliphatic carbocycles. The first kappa shape index (κ1) is 16.9. The Hall–Kier alpha value is -0.910. The Balaban J connectivity index is 2.00. The number of aromatic carboxylic acids is 1. The van der Waals surface area contributed by atoms with E-state index >= 15 is 0 Å². The van der Waals surface area contributed by atoms with Crippen LogP contribution in [-0.2, 0) is 11.2 Å². The van der Waals surface area contributed by atoms with Crippen LogP contribution in [0.15, 0.2) is 10.5 Å². The average Bonchev–Trinajstić information content (AvgIpc) is 2.98. The van der Waals surface area contributed by atoms with Crippen LogP contribution in [0.1, 0.15) is 59.3 Å². The first-order valence-corrected chi connectivity index (χ1v) is 9.22. The highest BCUT2D eigenvalue weighted by Gasteiger charge is 2.35. The summed E-state index contributed by atoms with van der Waals surface area (Å²) >= 11 is 3.59. The molecule has 1 atom stereocenters. The number of carboxylic acids is 1. The van der Waals surface area contributed by atoms with Crippen molar-refractivity contribution in [2.45, 2.75) is 51.6 Å². The van der Waals surface area contributed by atoms with Gasteiger partial charge in [0.2, 0.25) is 0 Å². The van der Waals surface area contributed by atoms with Crippen molar-refractivity contribution >= 4 is 21.9 Å². The van der Waals surface area contributed by atoms with Crippen LogP contribution < -0.4 is 0 Å². The van der Waals surface area contributed by atoms with Gasteiger partial charge in [0.05, 0.1) is 5.56 Å². The van der Waals surface area contributed by atoms with E-state index in [9.17, 15) is 9.90 Å². The average molecular weight is 382 g/mol. The second-order valence-corrected chi connectivity index (χ2v) is 7.31. The Kier molecular flexibility index (Phi) is 5.09. The lowest BCUT2D eigenvalue weighted by molar-refractivity contribution is 0.0185. The predicted molar refractivity (Wildman–Crippen MR) is 93.1 cm³/mol. The van der Waals surface area contributed by atoms with Crippen molar-refractivity contribution in [3.05, 3.63) is 32.8 Å². The Morgan fingerprint density at radius 1 is 1.39 bits per heavy atom. The molecule has 1 aromatic rings. The van der Waals surface area contributed by atoms with Crippen molar-refractivity contribution in [3.63, 3.8) is 0 Å². The Morgan fingerprint density at radius 2 is 2.09 bits per heavy atom. The molecule has 3 rings (SSSR count). The number of carbonyl (C=O) groups is 1. The summed E-state index contributed by atoms with van der Waals surface area (Å²) in [5.74, 6) is -0.842. The van der Waals surface area contributed by atoms with Crippen LogP contribution in [0.4, 0.5) is 0 Å². The Labute approximate surface area is 145 Å². The minimum absolute atomic E-state index is 0.327. The van der Waals surface area contributed by atoms with Gasteiger partial charge in [-0.1, -0.05) is 22.9 Å². The first-order valence-electron chi connectivity index (χ1n) is 8.43. The lowest BCUT2D eigenvalue weighted by atomic mass is 9.94. The fourth-order valence-corrected chi connectivity index (χ4v) is 4.90. The molecule has 0 aromatic heterocycles. The highest BCUT2D eigenvalue weighted by molar-refractivity contribution is 9.10. The summed E-state index contributed by atoms with van der Waals surface area (Å²) in [7, 11) is 0. The summed E-state index contributed by atoms with van der Waals surface area (Å²) in [6, 6.07) is 2.63. The molecule has 0 spiro atoms. The zero-order valence-corrected chi connectivity index (χ0v) is 15.4. The predicted octanol–water partition coefficient (Wildman–Crippen LogP) is 3.94. The minimum Gasteiger partial charge on any atom is -0.478 e. The molecule has 0 radical (unpaired) electrons. The first-order chi connectivity index (χ1) is 11.0. The largest absolute Gasteiger partial charge is 0.478 e. The molecule has 1 heterocycles. The van der Waals surface area contributed by atoms with Crippen LogP contribution in [0.3, 0.4) is 0 Å². The maximum absolute atomic E-state index is 11.6. The number of nitrogens with zero attached hydrogens (tertiary/aromatic N) is 1. The molecule has 1 fully saturated rings. The number of carboxylic acid groups (broad SMARTS) is 1. The van der Waals surface area contributed by atoms with Gasteiger partial charge in [-0.3, -0.25) is 4.90 Å². The van der Waals surface area contributed by atoms with Crippen LogP contribution in [0.25, 0.3) is 0 Å². The fourth-order valence-electron chi connectivity index (χ4n) is 4.26. The van der Waals surface area contributed by atoms with Crippen LogP contribution in [0.2, 0.25) is 0 Å². The quantitative estimate of drug-likeness (QED) is 0.857. The molecule has 1 unspecified atom stereocenters. The number of halogens is 1. The van der Waals surface area contributed by atoms with Crippen LogP contribution in [0, 0.1) is 6.92 Å². The zero-order chi connectivity index (χ0) is 16.6. The third-order valence-corrected chi connectivity index (χ3v) is 6.06. The summed E-state index contributed by atoms with van der Waals surface area (Å²) in [4.78, 5) is 14.1. The van der Waals surface area contributed by atoms with E-state index in [2.05, 4.69) is 27.8 Å². The van der Waals surface area contributed by atoms with E-state index in [0.717, 1.165) is 55.5 Å². The molecule has 23 heavy (non-hydrogen) atoms. The number of rotatable bonds is 4. The Morgan fingerprint density at radius 3 is 2.70 bits per heavy atom. The molecule has 1 N–H and O–H groups in total. The number of ether oxygens (including phenoxy) is 1. The number of hydrogen-bond acceptors (Lipinski definition) is 3. The molecule has 0 bridgehead atoms. The molecule has 1 aliphatic heterocycles. The standard InChI is InChI=1S/C18H24BrNO3/c1-3-20(12-6-8-23-9-7-12)16-5-4-13-15(19)10-14(18(21)22)11(2)17(13)16/h10,12,16H,3-9H2,1-2H3,(H,21,22). The summed E-state index contributed by atoms with van der Waals surface area (Å²) in [5, 5.41) is 9.50. The van der Waals surface area contributed by atoms with Crippen molar-refractivity contribution in [2.24, 2.45) is 0 Å². The summed E-state index contributed by atoms with van der Waals surface area (Å²) in [6.07, 6.45) is 4.22. The Bertz CT molecular complexity index is 611. The van der Waals surface area contributed by atoms with Gasteiger partial charge in [0.15, 0.2) is 0 Å². The molecule has 0 amide bonds. The van der Waals surface area contributed by atoms with Gasteiger partial charge in [-0.25, -0.2) is 4.79 Å². The zero-order valence-electron chi connectivity index (χ0n) is 13.8. The molecule has 1 saturated heterocycles. The van der Waals surface area contributed by atoms with Gasteiger partial charge in [-0.2, -0.15) is 0 Å². The third-order valence-electron chi connectivity index (χ3n) is 5.35. The maximum Gasteiger partial charge on any atom is 0.336 e. The summed E-state index contributed by atoms with van der Waals surface area (Å²) < 4.78 is 6.45. The summed E-state index contributed by atoms with van der Waals surface area (Å²) in [6.45, 7) is 6.82. The summed E-state index contributed by atoms with van der Waals surface area (Å²) in [5.41, 5.74) is 3.89. The number of fused-ring (bicyclic) bond motifs is 1. The lowest BCUT2D eigenvalue weighted by Gasteiger charge is -2.38. The fraction of sp³-hybridized carbons (Fsp3) is 0.611. The van der Waals surface area contributed by atoms with E-state index in [1.807, 2.05) is 6.92 Å². The number of benzene rings is 1. The van der Waals surface area contributed by atoms with Gasteiger partial charge in [0.25, 0.3) is 0 Å². The van der Waals surface area contributed by atoms with Crippen molar-refractivity contribution < 1.29 is 14.6 Å². The van der Waals surface area contributed by atoms with E-state index in [4.69, 9.17) is 4.74 Å². The van der Waals surface area contributed by atoms with Crippen LogP contribution >= 0.6 is 15.9 Å². The van der Waals surface area contributed by atoms with Crippen LogP contribution in [-0.4, -0.2) is 41.8 Å². The molecule has 1 aromatic carbocycles. The monoisotopic (exact) mass is 381 g/mol. The highest BCUT2D eigenvalue weighted by Crippen LogP contribution is 2.44. The molecular weight excluding hydrogens is 358 g/mol. The van der Waals surface area contributed by atoms with Crippen LogP contribution in [0.5, 0.6) is 0 Å². The topological polar surface area (TPSA) is 49.8 Å². The van der Waals surface area contributed by atoms with E-state index in [-0.39, 0.29) is 0 Å². The SMILES string of the molecule is CCN(C1CCOCC1)C1CCc2c(Br)cc(C(=O)O)c(C)c21. The molecule has 126 valence electrons. The number of hydrogen-bond donors (Lipinski definition) is 1. The van der Waals surface area contributed by atoms with Crippen molar-refractivity contribution in [1.29, 1.82) is 0 Å². The molecule has 5 heteroatoms. The second kappa shape index (κ2) is 6.91. The van der Waals surface area contributed by atoms with Crippen molar-refractivity contribution in [2.75, 3.05) is 19.8 Å². The van der Waals surface area contributed by atoms with E-state index in [0.29, 0.717) is 17.6 Å². The second-order valence-electron chi connectivity index (χ2n) is 6.46. The van der Waals surface area contributed by atoms with Crippen molar-refractivity contribution in [1.82, 2.24) is 4.90 Å². The minimum atomic E-state index is -0.842. The van der Waals surface area contributed by atoms with Gasteiger partial charge in [0, 0.05) is 29.8 Å². The highest BCUT2D eigenvalue weighted by atomic mass is 79.9. The molecular formula is C18H24BrNO3. The molecule has 4 nitrogen and oxygen atoms in total. The maximum atomic E-state index is 11.6. The van der Waals surface area contributed by atoms with Gasteiger partial charge in [-0.05, 0) is 61.9 Å². The molecule has 0 saturated carbocycles. The van der Waals surface area contributed by atoms with E-state index in [1.54, 1.807) is 6.07 Å². The third kappa shape index (κ3) is 3.06. The normalized spacial score (nSPS) is 21.7. The van der Waals surface area contributed by atoms with Gasteiger partial charge in [0.1, 0.15) is 0 Å². The lowest BCUT2D eigenvalue weighted by Crippen LogP contribution is -2.41. The van der Waals surface area contributed by atoms with Gasteiger partial charge >= 0.3 is 5.97 Å². The van der Waals surface area contributed by atoms with Gasteiger partial charge < -0.3 is 9.84 Å².